The van der Waals surface area contributed by atoms with Gasteiger partial charge >= 0.3 is 0 Å². The summed E-state index contributed by atoms with van der Waals surface area (Å²) in [5, 5.41) is 9.31. The Labute approximate surface area is 128 Å². The van der Waals surface area contributed by atoms with Crippen molar-refractivity contribution in [2.24, 2.45) is 0 Å². The van der Waals surface area contributed by atoms with E-state index in [-0.39, 0.29) is 5.69 Å². The second-order valence-corrected chi connectivity index (χ2v) is 5.04. The van der Waals surface area contributed by atoms with Gasteiger partial charge in [0.25, 0.3) is 0 Å². The zero-order valence-corrected chi connectivity index (χ0v) is 12.2. The molecule has 0 N–H and O–H groups in total. The highest BCUT2D eigenvalue weighted by Crippen LogP contribution is 2.21. The summed E-state index contributed by atoms with van der Waals surface area (Å²) in [6, 6.07) is 7.10. The first-order valence-corrected chi connectivity index (χ1v) is 6.84. The van der Waals surface area contributed by atoms with Crippen molar-refractivity contribution in [1.29, 1.82) is 5.26 Å². The molecule has 0 fully saturated rings. The Bertz CT molecular complexity index is 853. The van der Waals surface area contributed by atoms with E-state index in [1.54, 1.807) is 41.2 Å². The zero-order valence-electron chi connectivity index (χ0n) is 10.6. The molecular formula is C14H8BrN5O. The number of aromatic nitrogens is 4. The van der Waals surface area contributed by atoms with Crippen molar-refractivity contribution < 1.29 is 4.79 Å². The lowest BCUT2D eigenvalue weighted by molar-refractivity contribution is 0.0974. The largest absolute Gasteiger partial charge is 0.291 e. The van der Waals surface area contributed by atoms with Gasteiger partial charge in [-0.15, -0.1) is 0 Å². The second-order valence-electron chi connectivity index (χ2n) is 4.23. The van der Waals surface area contributed by atoms with Gasteiger partial charge in [-0.05, 0) is 28.1 Å². The van der Waals surface area contributed by atoms with Crippen LogP contribution in [0.5, 0.6) is 0 Å². The number of halogens is 1. The molecular weight excluding hydrogens is 334 g/mol. The standard InChI is InChI=1S/C14H8BrN5O/c15-11-8-19-14-12(18-5-6-20(11)14)13(21)9(7-16)10-3-1-2-4-17-10/h1-6,8-9H/t9-/m1/s1. The molecule has 0 bridgehead atoms. The van der Waals surface area contributed by atoms with E-state index in [0.29, 0.717) is 15.9 Å². The molecule has 3 heterocycles. The number of nitrogens with zero attached hydrogens (tertiary/aromatic N) is 5. The van der Waals surface area contributed by atoms with Crippen molar-refractivity contribution in [1.82, 2.24) is 19.4 Å². The molecule has 0 radical (unpaired) electrons. The van der Waals surface area contributed by atoms with Crippen molar-refractivity contribution in [2.75, 3.05) is 0 Å². The monoisotopic (exact) mass is 341 g/mol. The number of hydrogen-bond donors (Lipinski definition) is 0. The van der Waals surface area contributed by atoms with Crippen LogP contribution >= 0.6 is 15.9 Å². The number of pyridine rings is 1. The van der Waals surface area contributed by atoms with E-state index in [1.807, 2.05) is 6.07 Å². The number of Topliss-reactive ketones (excluding diaryl/α,β-unsaturated/α-hetero) is 1. The quantitative estimate of drug-likeness (QED) is 0.683. The summed E-state index contributed by atoms with van der Waals surface area (Å²) in [4.78, 5) is 24.9. The molecule has 21 heavy (non-hydrogen) atoms. The average molecular weight is 342 g/mol. The molecule has 0 aliphatic rings. The van der Waals surface area contributed by atoms with Gasteiger partial charge < -0.3 is 0 Å². The van der Waals surface area contributed by atoms with Gasteiger partial charge in [-0.1, -0.05) is 6.07 Å². The van der Waals surface area contributed by atoms with Crippen LogP contribution in [-0.2, 0) is 0 Å². The lowest BCUT2D eigenvalue weighted by atomic mass is 9.99. The molecule has 0 saturated heterocycles. The number of carbonyl (C=O) groups is 1. The summed E-state index contributed by atoms with van der Waals surface area (Å²) in [5.41, 5.74) is 0.963. The summed E-state index contributed by atoms with van der Waals surface area (Å²) in [5.74, 6) is -1.42. The van der Waals surface area contributed by atoms with Gasteiger partial charge in [-0.3, -0.25) is 14.2 Å². The van der Waals surface area contributed by atoms with Gasteiger partial charge in [0.05, 0.1) is 18.0 Å². The molecule has 0 spiro atoms. The fraction of sp³-hybridized carbons (Fsp3) is 0.0714. The number of imidazole rings is 1. The molecule has 102 valence electrons. The Morgan fingerprint density at radius 1 is 1.29 bits per heavy atom. The van der Waals surface area contributed by atoms with Gasteiger partial charge in [-0.25, -0.2) is 9.97 Å². The van der Waals surface area contributed by atoms with Crippen LogP contribution in [-0.4, -0.2) is 25.1 Å². The Morgan fingerprint density at radius 3 is 2.86 bits per heavy atom. The Morgan fingerprint density at radius 2 is 2.14 bits per heavy atom. The van der Waals surface area contributed by atoms with E-state index in [4.69, 9.17) is 0 Å². The van der Waals surface area contributed by atoms with Crippen molar-refractivity contribution >= 4 is 27.4 Å². The first-order chi connectivity index (χ1) is 10.2. The van der Waals surface area contributed by atoms with Crippen LogP contribution in [0.3, 0.4) is 0 Å². The number of rotatable bonds is 3. The molecule has 0 amide bonds. The molecule has 7 heteroatoms. The number of carbonyl (C=O) groups excluding carboxylic acids is 1. The summed E-state index contributed by atoms with van der Waals surface area (Å²) in [7, 11) is 0. The smallest absolute Gasteiger partial charge is 0.208 e. The molecule has 0 aliphatic carbocycles. The first-order valence-electron chi connectivity index (χ1n) is 6.04. The summed E-state index contributed by atoms with van der Waals surface area (Å²) < 4.78 is 2.40. The van der Waals surface area contributed by atoms with E-state index in [1.165, 1.54) is 6.20 Å². The summed E-state index contributed by atoms with van der Waals surface area (Å²) >= 11 is 3.33. The topological polar surface area (TPSA) is 83.9 Å². The highest BCUT2D eigenvalue weighted by Gasteiger charge is 2.26. The number of hydrogen-bond acceptors (Lipinski definition) is 5. The van der Waals surface area contributed by atoms with Crippen LogP contribution < -0.4 is 0 Å². The van der Waals surface area contributed by atoms with Crippen molar-refractivity contribution in [3.8, 4) is 6.07 Å². The molecule has 0 aromatic carbocycles. The van der Waals surface area contributed by atoms with Gasteiger partial charge in [0.2, 0.25) is 5.78 Å². The maximum absolute atomic E-state index is 12.6. The van der Waals surface area contributed by atoms with E-state index >= 15 is 0 Å². The molecule has 3 rings (SSSR count). The van der Waals surface area contributed by atoms with E-state index < -0.39 is 11.7 Å². The predicted octanol–water partition coefficient (Wildman–Crippen LogP) is 2.38. The molecule has 0 unspecified atom stereocenters. The van der Waals surface area contributed by atoms with Gasteiger partial charge in [0.1, 0.15) is 4.60 Å². The molecule has 1 atom stereocenters. The number of nitriles is 1. The summed E-state index contributed by atoms with van der Waals surface area (Å²) in [6.45, 7) is 0. The van der Waals surface area contributed by atoms with E-state index in [2.05, 4.69) is 30.9 Å². The Kier molecular flexibility index (Phi) is 3.46. The highest BCUT2D eigenvalue weighted by molar-refractivity contribution is 9.10. The van der Waals surface area contributed by atoms with Crippen LogP contribution in [0.1, 0.15) is 22.1 Å². The van der Waals surface area contributed by atoms with Crippen molar-refractivity contribution in [3.05, 3.63) is 59.0 Å². The highest BCUT2D eigenvalue weighted by atomic mass is 79.9. The van der Waals surface area contributed by atoms with Gasteiger partial charge in [-0.2, -0.15) is 5.26 Å². The minimum atomic E-state index is -1.000. The fourth-order valence-corrected chi connectivity index (χ4v) is 2.39. The zero-order chi connectivity index (χ0) is 14.8. The number of fused-ring (bicyclic) bond motifs is 1. The average Bonchev–Trinajstić information content (AvgIpc) is 2.91. The molecule has 3 aromatic heterocycles. The third kappa shape index (κ3) is 2.30. The molecule has 0 aliphatic heterocycles. The molecule has 6 nitrogen and oxygen atoms in total. The molecule has 3 aromatic rings. The van der Waals surface area contributed by atoms with E-state index in [0.717, 1.165) is 0 Å². The molecule has 0 saturated carbocycles. The van der Waals surface area contributed by atoms with Crippen LogP contribution in [0.25, 0.3) is 5.65 Å². The predicted molar refractivity (Wildman–Crippen MR) is 77.6 cm³/mol. The Hall–Kier alpha value is -2.59. The van der Waals surface area contributed by atoms with E-state index in [9.17, 15) is 10.1 Å². The summed E-state index contributed by atoms with van der Waals surface area (Å²) in [6.07, 6.45) is 6.31. The lowest BCUT2D eigenvalue weighted by Crippen LogP contribution is -2.15. The SMILES string of the molecule is N#C[C@@H](C(=O)c1nccn2c(Br)cnc12)c1ccccn1. The third-order valence-electron chi connectivity index (χ3n) is 2.99. The van der Waals surface area contributed by atoms with Gasteiger partial charge in [0.15, 0.2) is 17.3 Å². The van der Waals surface area contributed by atoms with Crippen LogP contribution in [0.4, 0.5) is 0 Å². The van der Waals surface area contributed by atoms with Crippen LogP contribution in [0.2, 0.25) is 0 Å². The third-order valence-corrected chi connectivity index (χ3v) is 3.58. The maximum atomic E-state index is 12.6. The van der Waals surface area contributed by atoms with Crippen LogP contribution in [0, 0.1) is 11.3 Å². The lowest BCUT2D eigenvalue weighted by Gasteiger charge is -2.07. The maximum Gasteiger partial charge on any atom is 0.208 e. The minimum absolute atomic E-state index is 0.153. The fourth-order valence-electron chi connectivity index (χ4n) is 2.01. The normalized spacial score (nSPS) is 12.0. The minimum Gasteiger partial charge on any atom is -0.291 e. The Balaban J connectivity index is 2.10. The van der Waals surface area contributed by atoms with Gasteiger partial charge in [0, 0.05) is 18.6 Å². The number of ketones is 1. The van der Waals surface area contributed by atoms with Crippen LogP contribution in [0.15, 0.2) is 47.6 Å². The second kappa shape index (κ2) is 5.42. The first kappa shape index (κ1) is 13.4. The van der Waals surface area contributed by atoms with Crippen molar-refractivity contribution in [2.45, 2.75) is 5.92 Å². The van der Waals surface area contributed by atoms with Crippen molar-refractivity contribution in [3.63, 3.8) is 0 Å².